The van der Waals surface area contributed by atoms with E-state index in [-0.39, 0.29) is 40.5 Å². The van der Waals surface area contributed by atoms with Crippen LogP contribution < -0.4 is 11.1 Å². The predicted molar refractivity (Wildman–Crippen MR) is 119 cm³/mol. The van der Waals surface area contributed by atoms with Crippen LogP contribution in [0.5, 0.6) is 0 Å². The molecule has 0 radical (unpaired) electrons. The number of rotatable bonds is 5. The molecule has 32 heavy (non-hydrogen) atoms. The number of piperidine rings is 1. The van der Waals surface area contributed by atoms with Gasteiger partial charge in [-0.1, -0.05) is 23.5 Å². The number of anilines is 1. The number of thiazole rings is 1. The summed E-state index contributed by atoms with van der Waals surface area (Å²) in [6, 6.07) is 6.09. The third-order valence-corrected chi connectivity index (χ3v) is 7.07. The van der Waals surface area contributed by atoms with E-state index in [2.05, 4.69) is 15.4 Å². The molecule has 3 heterocycles. The Morgan fingerprint density at radius 1 is 1.34 bits per heavy atom. The summed E-state index contributed by atoms with van der Waals surface area (Å²) < 4.78 is 15.4. The van der Waals surface area contributed by atoms with Crippen molar-refractivity contribution in [3.05, 3.63) is 53.2 Å². The van der Waals surface area contributed by atoms with Crippen molar-refractivity contribution >= 4 is 28.3 Å². The molecule has 1 aliphatic carbocycles. The first-order valence-corrected chi connectivity index (χ1v) is 11.3. The van der Waals surface area contributed by atoms with E-state index < -0.39 is 0 Å². The second-order valence-electron chi connectivity index (χ2n) is 8.42. The van der Waals surface area contributed by atoms with Gasteiger partial charge >= 0.3 is 0 Å². The van der Waals surface area contributed by atoms with Gasteiger partial charge in [-0.15, -0.1) is 0 Å². The number of halogens is 1. The summed E-state index contributed by atoms with van der Waals surface area (Å²) in [5, 5.41) is 7.42. The van der Waals surface area contributed by atoms with Gasteiger partial charge in [-0.2, -0.15) is 5.10 Å². The van der Waals surface area contributed by atoms with Crippen molar-refractivity contribution in [2.75, 3.05) is 12.3 Å². The van der Waals surface area contributed by atoms with Crippen LogP contribution in [0.1, 0.15) is 39.4 Å². The fourth-order valence-corrected chi connectivity index (χ4v) is 5.44. The minimum Gasteiger partial charge on any atom is -0.375 e. The largest absolute Gasteiger partial charge is 0.375 e. The molecule has 3 aromatic rings. The normalized spacial score (nSPS) is 21.5. The zero-order valence-corrected chi connectivity index (χ0v) is 18.5. The second-order valence-corrected chi connectivity index (χ2v) is 9.45. The van der Waals surface area contributed by atoms with Crippen molar-refractivity contribution in [1.29, 1.82) is 0 Å². The second kappa shape index (κ2) is 7.70. The lowest BCUT2D eigenvalue weighted by Crippen LogP contribution is -2.45. The van der Waals surface area contributed by atoms with E-state index in [4.69, 9.17) is 5.73 Å². The summed E-state index contributed by atoms with van der Waals surface area (Å²) in [7, 11) is 1.77. The molecule has 166 valence electrons. The summed E-state index contributed by atoms with van der Waals surface area (Å²) >= 11 is 1.17. The van der Waals surface area contributed by atoms with Crippen LogP contribution in [-0.4, -0.2) is 50.1 Å². The van der Waals surface area contributed by atoms with Gasteiger partial charge in [0.1, 0.15) is 11.5 Å². The average molecular weight is 455 g/mol. The number of nitrogens with zero attached hydrogens (tertiary/aromatic N) is 4. The van der Waals surface area contributed by atoms with Crippen LogP contribution >= 0.6 is 11.3 Å². The van der Waals surface area contributed by atoms with E-state index >= 15 is 0 Å². The number of carbonyl (C=O) groups excluding carboxylic acids is 2. The van der Waals surface area contributed by atoms with Gasteiger partial charge in [-0.25, -0.2) is 9.37 Å². The highest BCUT2D eigenvalue weighted by atomic mass is 32.1. The predicted octanol–water partition coefficient (Wildman–Crippen LogP) is 2.61. The molecule has 1 saturated heterocycles. The number of nitrogens with one attached hydrogen (secondary N) is 1. The minimum atomic E-state index is -0.386. The molecule has 2 amide bonds. The van der Waals surface area contributed by atoms with Gasteiger partial charge in [0.25, 0.3) is 11.8 Å². The van der Waals surface area contributed by atoms with Gasteiger partial charge in [0.05, 0.1) is 22.2 Å². The molecule has 10 heteroatoms. The average Bonchev–Trinajstić information content (AvgIpc) is 3.06. The number of hydrogen-bond acceptors (Lipinski definition) is 6. The highest BCUT2D eigenvalue weighted by Gasteiger charge is 2.54. The molecule has 0 spiro atoms. The third kappa shape index (κ3) is 3.64. The topological polar surface area (TPSA) is 106 Å². The number of nitrogen functional groups attached to an aromatic ring is 1. The summed E-state index contributed by atoms with van der Waals surface area (Å²) in [6.45, 7) is 2.14. The maximum Gasteiger partial charge on any atom is 0.274 e. The Balaban J connectivity index is 1.36. The number of aromatic nitrogens is 3. The lowest BCUT2D eigenvalue weighted by atomic mass is 10.1. The van der Waals surface area contributed by atoms with Crippen LogP contribution in [0.3, 0.4) is 0 Å². The van der Waals surface area contributed by atoms with Gasteiger partial charge in [-0.3, -0.25) is 14.3 Å². The van der Waals surface area contributed by atoms with Crippen LogP contribution in [0.15, 0.2) is 30.5 Å². The molecular formula is C22H23FN6O2S. The fourth-order valence-electron chi connectivity index (χ4n) is 4.62. The smallest absolute Gasteiger partial charge is 0.274 e. The third-order valence-electron chi connectivity index (χ3n) is 6.13. The Bertz CT molecular complexity index is 1220. The number of aryl methyl sites for hydroxylation is 2. The molecule has 5 rings (SSSR count). The Kier molecular flexibility index (Phi) is 4.96. The van der Waals surface area contributed by atoms with E-state index in [1.54, 1.807) is 37.0 Å². The molecule has 8 nitrogen and oxygen atoms in total. The molecule has 1 aliphatic heterocycles. The van der Waals surface area contributed by atoms with Gasteiger partial charge in [-0.05, 0) is 43.4 Å². The van der Waals surface area contributed by atoms with Crippen molar-refractivity contribution in [3.63, 3.8) is 0 Å². The number of nitrogens with two attached hydrogens (primary N) is 1. The van der Waals surface area contributed by atoms with Crippen molar-refractivity contribution in [2.45, 2.75) is 31.8 Å². The Morgan fingerprint density at radius 2 is 2.16 bits per heavy atom. The quantitative estimate of drug-likeness (QED) is 0.616. The lowest BCUT2D eigenvalue weighted by molar-refractivity contribution is 0.0684. The fraction of sp³-hybridized carbons (Fsp3) is 0.364. The van der Waals surface area contributed by atoms with Gasteiger partial charge < -0.3 is 16.0 Å². The maximum atomic E-state index is 13.8. The maximum absolute atomic E-state index is 13.8. The zero-order chi connectivity index (χ0) is 22.6. The SMILES string of the molecule is Cc1nn(C)cc1C(=O)NC[C@@H]1C[C@@H]2C[C@@H]2N1C(=O)c1nc(N)sc1-c1cccc(F)c1. The monoisotopic (exact) mass is 454 g/mol. The highest BCUT2D eigenvalue weighted by molar-refractivity contribution is 7.19. The number of likely N-dealkylation sites (tertiary alicyclic amines) is 1. The molecule has 1 saturated carbocycles. The van der Waals surface area contributed by atoms with Crippen LogP contribution in [-0.2, 0) is 7.05 Å². The van der Waals surface area contributed by atoms with Crippen LogP contribution in [0, 0.1) is 18.7 Å². The molecule has 1 aromatic carbocycles. The Morgan fingerprint density at radius 3 is 2.88 bits per heavy atom. The summed E-state index contributed by atoms with van der Waals surface area (Å²) in [5.74, 6) is -0.377. The van der Waals surface area contributed by atoms with Gasteiger partial charge in [0.2, 0.25) is 0 Å². The minimum absolute atomic E-state index is 0.129. The van der Waals surface area contributed by atoms with E-state index in [0.717, 1.165) is 12.8 Å². The van der Waals surface area contributed by atoms with Crippen LogP contribution in [0.25, 0.3) is 10.4 Å². The molecule has 0 unspecified atom stereocenters. The molecule has 0 bridgehead atoms. The number of amides is 2. The molecule has 2 aromatic heterocycles. The van der Waals surface area contributed by atoms with Crippen LogP contribution in [0.4, 0.5) is 9.52 Å². The first-order chi connectivity index (χ1) is 15.3. The summed E-state index contributed by atoms with van der Waals surface area (Å²) in [4.78, 5) is 32.9. The van der Waals surface area contributed by atoms with Crippen molar-refractivity contribution < 1.29 is 14.0 Å². The van der Waals surface area contributed by atoms with E-state index in [9.17, 15) is 14.0 Å². The number of carbonyl (C=O) groups is 2. The molecular weight excluding hydrogens is 431 g/mol. The first-order valence-electron chi connectivity index (χ1n) is 10.4. The van der Waals surface area contributed by atoms with E-state index in [1.165, 1.54) is 23.5 Å². The van der Waals surface area contributed by atoms with E-state index in [1.807, 2.05) is 4.90 Å². The number of hydrogen-bond donors (Lipinski definition) is 2. The Labute approximate surface area is 188 Å². The standard InChI is InChI=1S/C22H23FN6O2S/c1-11-16(10-28(2)27-11)20(30)25-9-15-7-13-8-17(13)29(15)21(31)18-19(32-22(24)26-18)12-4-3-5-14(23)6-12/h3-6,10,13,15,17H,7-9H2,1-2H3,(H2,24,26)(H,25,30)/t13-,15+,17+/m1/s1. The lowest BCUT2D eigenvalue weighted by Gasteiger charge is -2.27. The van der Waals surface area contributed by atoms with Crippen LogP contribution in [0.2, 0.25) is 0 Å². The molecule has 3 atom stereocenters. The molecule has 2 aliphatic rings. The molecule has 2 fully saturated rings. The number of fused-ring (bicyclic) bond motifs is 1. The van der Waals surface area contributed by atoms with Gasteiger partial charge in [0.15, 0.2) is 5.13 Å². The van der Waals surface area contributed by atoms with Crippen molar-refractivity contribution in [3.8, 4) is 10.4 Å². The zero-order valence-electron chi connectivity index (χ0n) is 17.7. The Hall–Kier alpha value is -3.27. The highest BCUT2D eigenvalue weighted by Crippen LogP contribution is 2.49. The van der Waals surface area contributed by atoms with Crippen molar-refractivity contribution in [2.24, 2.45) is 13.0 Å². The van der Waals surface area contributed by atoms with E-state index in [0.29, 0.717) is 34.2 Å². The first kappa shape index (κ1) is 20.6. The summed E-state index contributed by atoms with van der Waals surface area (Å²) in [6.07, 6.45) is 3.47. The van der Waals surface area contributed by atoms with Gasteiger partial charge in [0, 0.05) is 25.8 Å². The number of benzene rings is 1. The summed E-state index contributed by atoms with van der Waals surface area (Å²) in [5.41, 5.74) is 7.92. The molecule has 3 N–H and O–H groups in total. The van der Waals surface area contributed by atoms with Crippen molar-refractivity contribution in [1.82, 2.24) is 25.0 Å².